The molecule has 4 fully saturated rings. The maximum absolute atomic E-state index is 13.3. The number of rotatable bonds is 2. The molecule has 4 bridgehead atoms. The summed E-state index contributed by atoms with van der Waals surface area (Å²) in [6.07, 6.45) is 10.4. The highest BCUT2D eigenvalue weighted by Crippen LogP contribution is 2.57. The first kappa shape index (κ1) is 17.5. The molecule has 1 aromatic carbocycles. The lowest BCUT2D eigenvalue weighted by Crippen LogP contribution is -2.33. The molecule has 6 aliphatic rings. The van der Waals surface area contributed by atoms with E-state index in [1.54, 1.807) is 23.1 Å². The van der Waals surface area contributed by atoms with Crippen molar-refractivity contribution in [2.75, 3.05) is 15.5 Å². The number of nitrogen functional groups attached to an aromatic ring is 1. The van der Waals surface area contributed by atoms with Crippen LogP contribution < -0.4 is 15.5 Å². The lowest BCUT2D eigenvalue weighted by atomic mass is 9.84. The van der Waals surface area contributed by atoms with Crippen LogP contribution in [0.4, 0.5) is 17.1 Å². The van der Waals surface area contributed by atoms with Crippen LogP contribution in [0.25, 0.3) is 0 Å². The zero-order valence-electron chi connectivity index (χ0n) is 17.0. The lowest BCUT2D eigenvalue weighted by molar-refractivity contribution is -0.123. The topological polar surface area (TPSA) is 83.7 Å². The average molecular weight is 413 g/mol. The molecule has 0 radical (unpaired) electrons. The number of imide groups is 1. The number of anilines is 3. The Labute approximate surface area is 180 Å². The van der Waals surface area contributed by atoms with Gasteiger partial charge in [-0.15, -0.1) is 0 Å². The zero-order chi connectivity index (χ0) is 21.2. The van der Waals surface area contributed by atoms with Crippen LogP contribution in [0.5, 0.6) is 0 Å². The van der Waals surface area contributed by atoms with Gasteiger partial charge in [0.05, 0.1) is 29.1 Å². The van der Waals surface area contributed by atoms with Gasteiger partial charge in [-0.3, -0.25) is 19.3 Å². The zero-order valence-corrected chi connectivity index (χ0v) is 17.0. The van der Waals surface area contributed by atoms with E-state index in [1.807, 2.05) is 0 Å². The standard InChI is InChI=1S/C25H23N3O3/c1-11-19-12-2-3-13(6-12)20(19)23(29)27(11)17-8-16(26)9-18(10-17)28-24(30)21-14-4-5-15(7-14)22(21)25(28)31/h2-5,8-10,12-15,19-22H,1,6-7,26H2. The van der Waals surface area contributed by atoms with Crippen molar-refractivity contribution in [2.45, 2.75) is 12.8 Å². The number of allylic oxidation sites excluding steroid dienone is 5. The highest BCUT2D eigenvalue weighted by Gasteiger charge is 2.60. The molecule has 2 heterocycles. The number of hydrogen-bond acceptors (Lipinski definition) is 4. The van der Waals surface area contributed by atoms with Gasteiger partial charge in [0.2, 0.25) is 17.7 Å². The summed E-state index contributed by atoms with van der Waals surface area (Å²) in [4.78, 5) is 42.8. The van der Waals surface area contributed by atoms with Gasteiger partial charge in [-0.2, -0.15) is 0 Å². The fourth-order valence-corrected chi connectivity index (χ4v) is 7.38. The maximum atomic E-state index is 13.3. The van der Waals surface area contributed by atoms with Crippen LogP contribution in [0.15, 0.2) is 54.8 Å². The van der Waals surface area contributed by atoms with Crippen LogP contribution >= 0.6 is 0 Å². The first-order valence-corrected chi connectivity index (χ1v) is 11.1. The number of fused-ring (bicyclic) bond motifs is 10. The number of carbonyl (C=O) groups excluding carboxylic acids is 3. The van der Waals surface area contributed by atoms with E-state index < -0.39 is 0 Å². The smallest absolute Gasteiger partial charge is 0.238 e. The summed E-state index contributed by atoms with van der Waals surface area (Å²) in [5.41, 5.74) is 8.47. The fourth-order valence-electron chi connectivity index (χ4n) is 7.38. The first-order chi connectivity index (χ1) is 14.9. The number of nitrogens with zero attached hydrogens (tertiary/aromatic N) is 2. The van der Waals surface area contributed by atoms with Gasteiger partial charge in [-0.05, 0) is 54.7 Å². The summed E-state index contributed by atoms with van der Waals surface area (Å²) >= 11 is 0. The normalized spacial score (nSPS) is 41.3. The Morgan fingerprint density at radius 2 is 1.10 bits per heavy atom. The van der Waals surface area contributed by atoms with E-state index in [9.17, 15) is 14.4 Å². The van der Waals surface area contributed by atoms with E-state index in [2.05, 4.69) is 30.9 Å². The van der Waals surface area contributed by atoms with Crippen molar-refractivity contribution in [3.8, 4) is 0 Å². The molecule has 8 atom stereocenters. The third-order valence-corrected chi connectivity index (χ3v) is 8.55. The van der Waals surface area contributed by atoms with E-state index in [1.165, 1.54) is 4.90 Å². The molecule has 8 unspecified atom stereocenters. The van der Waals surface area contributed by atoms with E-state index >= 15 is 0 Å². The minimum Gasteiger partial charge on any atom is -0.399 e. The molecule has 0 aromatic heterocycles. The third kappa shape index (κ3) is 2.01. The van der Waals surface area contributed by atoms with Crippen LogP contribution in [0, 0.1) is 47.3 Å². The van der Waals surface area contributed by atoms with Gasteiger partial charge < -0.3 is 5.73 Å². The number of nitrogens with two attached hydrogens (primary N) is 1. The molecule has 4 aliphatic carbocycles. The summed E-state index contributed by atoms with van der Waals surface area (Å²) in [7, 11) is 0. The van der Waals surface area contributed by atoms with Gasteiger partial charge in [0.25, 0.3) is 0 Å². The van der Waals surface area contributed by atoms with E-state index in [0.717, 1.165) is 18.5 Å². The van der Waals surface area contributed by atoms with Gasteiger partial charge in [0.15, 0.2) is 0 Å². The van der Waals surface area contributed by atoms with E-state index in [-0.39, 0.29) is 59.1 Å². The Kier molecular flexibility index (Phi) is 3.14. The van der Waals surface area contributed by atoms with Crippen LogP contribution in [-0.4, -0.2) is 17.7 Å². The second-order valence-electron chi connectivity index (χ2n) is 9.96. The Morgan fingerprint density at radius 3 is 1.61 bits per heavy atom. The molecule has 2 saturated carbocycles. The van der Waals surface area contributed by atoms with Crippen molar-refractivity contribution < 1.29 is 14.4 Å². The van der Waals surface area contributed by atoms with Gasteiger partial charge >= 0.3 is 0 Å². The minimum atomic E-state index is -0.267. The second kappa shape index (κ2) is 5.55. The van der Waals surface area contributed by atoms with Crippen molar-refractivity contribution in [1.82, 2.24) is 0 Å². The molecule has 7 rings (SSSR count). The molecule has 6 heteroatoms. The maximum Gasteiger partial charge on any atom is 0.238 e. The summed E-state index contributed by atoms with van der Waals surface area (Å²) in [6.45, 7) is 4.26. The summed E-state index contributed by atoms with van der Waals surface area (Å²) < 4.78 is 0. The van der Waals surface area contributed by atoms with Crippen molar-refractivity contribution in [3.63, 3.8) is 0 Å². The van der Waals surface area contributed by atoms with Crippen molar-refractivity contribution in [2.24, 2.45) is 47.3 Å². The molecular formula is C25H23N3O3. The molecule has 1 aromatic rings. The monoisotopic (exact) mass is 413 g/mol. The van der Waals surface area contributed by atoms with Crippen LogP contribution in [0.2, 0.25) is 0 Å². The molecular weight excluding hydrogens is 390 g/mol. The molecule has 2 N–H and O–H groups in total. The summed E-state index contributed by atoms with van der Waals surface area (Å²) in [5.74, 6) is 0.221. The summed E-state index contributed by atoms with van der Waals surface area (Å²) in [5, 5.41) is 0. The molecule has 0 spiro atoms. The lowest BCUT2D eigenvalue weighted by Gasteiger charge is -2.24. The Morgan fingerprint density at radius 1 is 0.677 bits per heavy atom. The predicted molar refractivity (Wildman–Crippen MR) is 115 cm³/mol. The van der Waals surface area contributed by atoms with Crippen molar-refractivity contribution in [3.05, 3.63) is 54.8 Å². The molecule has 2 saturated heterocycles. The van der Waals surface area contributed by atoms with E-state index in [0.29, 0.717) is 23.0 Å². The molecule has 6 nitrogen and oxygen atoms in total. The number of benzene rings is 1. The van der Waals surface area contributed by atoms with Crippen molar-refractivity contribution >= 4 is 34.8 Å². The fraction of sp³-hybridized carbons (Fsp3) is 0.400. The van der Waals surface area contributed by atoms with Crippen LogP contribution in [0.1, 0.15) is 12.8 Å². The van der Waals surface area contributed by atoms with Gasteiger partial charge in [-0.1, -0.05) is 30.9 Å². The first-order valence-electron chi connectivity index (χ1n) is 11.1. The van der Waals surface area contributed by atoms with Gasteiger partial charge in [0, 0.05) is 17.3 Å². The summed E-state index contributed by atoms with van der Waals surface area (Å²) in [6, 6.07) is 5.15. The quantitative estimate of drug-likeness (QED) is 0.459. The largest absolute Gasteiger partial charge is 0.399 e. The van der Waals surface area contributed by atoms with Crippen LogP contribution in [-0.2, 0) is 14.4 Å². The highest BCUT2D eigenvalue weighted by molar-refractivity contribution is 6.23. The minimum absolute atomic E-state index is 0.0431. The average Bonchev–Trinajstić information content (AvgIpc) is 3.55. The van der Waals surface area contributed by atoms with E-state index in [4.69, 9.17) is 5.73 Å². The van der Waals surface area contributed by atoms with Gasteiger partial charge in [0.1, 0.15) is 0 Å². The molecule has 31 heavy (non-hydrogen) atoms. The highest BCUT2D eigenvalue weighted by atomic mass is 16.2. The molecule has 2 aliphatic heterocycles. The molecule has 3 amide bonds. The Bertz CT molecular complexity index is 1020. The second-order valence-corrected chi connectivity index (χ2v) is 9.96. The Balaban J connectivity index is 1.27. The SMILES string of the molecule is C=C1C2C3C=CC(C3)C2C(=O)N1c1cc(N)cc(N2C(=O)C3C4C=CC(C4)C3C2=O)c1. The number of hydrogen-bond donors (Lipinski definition) is 1. The van der Waals surface area contributed by atoms with Gasteiger partial charge in [-0.25, -0.2) is 4.90 Å². The third-order valence-electron chi connectivity index (χ3n) is 8.55. The van der Waals surface area contributed by atoms with Crippen molar-refractivity contribution in [1.29, 1.82) is 0 Å². The predicted octanol–water partition coefficient (Wildman–Crippen LogP) is 2.88. The Hall–Kier alpha value is -3.15. The van der Waals surface area contributed by atoms with Crippen LogP contribution in [0.3, 0.4) is 0 Å². The number of amides is 3. The molecule has 156 valence electrons. The number of carbonyl (C=O) groups is 3.